The van der Waals surface area contributed by atoms with Crippen molar-refractivity contribution in [3.05, 3.63) is 52.8 Å². The van der Waals surface area contributed by atoms with Crippen molar-refractivity contribution in [2.24, 2.45) is 5.92 Å². The first-order valence-electron chi connectivity index (χ1n) is 9.89. The number of nitrogens with one attached hydrogen (secondary N) is 2. The molecule has 1 aliphatic carbocycles. The lowest BCUT2D eigenvalue weighted by Gasteiger charge is -2.15. The topological polar surface area (TPSA) is 111 Å². The van der Waals surface area contributed by atoms with Crippen molar-refractivity contribution in [3.63, 3.8) is 0 Å². The minimum absolute atomic E-state index is 0.266. The van der Waals surface area contributed by atoms with Gasteiger partial charge in [0.1, 0.15) is 6.54 Å². The fraction of sp³-hybridized carbons (Fsp3) is 0.450. The van der Waals surface area contributed by atoms with E-state index in [1.165, 1.54) is 11.1 Å². The van der Waals surface area contributed by atoms with E-state index in [1.54, 1.807) is 11.6 Å². The average Bonchev–Trinajstić information content (AvgIpc) is 3.20. The third-order valence-electron chi connectivity index (χ3n) is 5.39. The van der Waals surface area contributed by atoms with Crippen LogP contribution in [-0.2, 0) is 19.4 Å². The highest BCUT2D eigenvalue weighted by atomic mass is 16.5. The van der Waals surface area contributed by atoms with Crippen LogP contribution >= 0.6 is 0 Å². The van der Waals surface area contributed by atoms with E-state index < -0.39 is 0 Å². The molecule has 0 spiro atoms. The van der Waals surface area contributed by atoms with Crippen molar-refractivity contribution in [3.8, 4) is 0 Å². The van der Waals surface area contributed by atoms with Crippen molar-refractivity contribution in [2.75, 3.05) is 11.9 Å². The van der Waals surface area contributed by atoms with Gasteiger partial charge in [-0.15, -0.1) is 5.10 Å². The maximum atomic E-state index is 12.3. The van der Waals surface area contributed by atoms with Crippen molar-refractivity contribution in [2.45, 2.75) is 46.1 Å². The van der Waals surface area contributed by atoms with Crippen LogP contribution in [0.5, 0.6) is 0 Å². The van der Waals surface area contributed by atoms with Crippen LogP contribution in [0, 0.1) is 19.8 Å². The smallest absolute Gasteiger partial charge is 0.320 e. The molecule has 0 atom stereocenters. The van der Waals surface area contributed by atoms with Crippen LogP contribution in [-0.4, -0.2) is 37.7 Å². The first-order valence-corrected chi connectivity index (χ1v) is 9.89. The van der Waals surface area contributed by atoms with Crippen LogP contribution in [0.3, 0.4) is 0 Å². The predicted octanol–water partition coefficient (Wildman–Crippen LogP) is 2.64. The largest absolute Gasteiger partial charge is 0.340 e. The Balaban J connectivity index is 1.28. The summed E-state index contributed by atoms with van der Waals surface area (Å²) in [5.41, 5.74) is 3.60. The standard InChI is InChI=1S/C20H25N7O2/c1-13-19(24-26-27(13)12-18-22-14(2)29-25-18)23-20(28)21-11-15-7-9-16-5-3-4-6-17(16)10-8-15/h3-6,15H,7-12H2,1-2H3,(H2,21,23,28). The number of aromatic nitrogens is 5. The molecule has 2 aromatic heterocycles. The molecular formula is C20H25N7O2. The highest BCUT2D eigenvalue weighted by molar-refractivity contribution is 5.88. The quantitative estimate of drug-likeness (QED) is 0.643. The van der Waals surface area contributed by atoms with Gasteiger partial charge in [-0.05, 0) is 49.7 Å². The summed E-state index contributed by atoms with van der Waals surface area (Å²) >= 11 is 0. The Morgan fingerprint density at radius 1 is 1.21 bits per heavy atom. The number of rotatable bonds is 5. The summed E-state index contributed by atoms with van der Waals surface area (Å²) in [5, 5.41) is 17.7. The Morgan fingerprint density at radius 3 is 2.59 bits per heavy atom. The van der Waals surface area contributed by atoms with Crippen molar-refractivity contribution in [1.29, 1.82) is 0 Å². The van der Waals surface area contributed by atoms with Crippen LogP contribution in [0.2, 0.25) is 0 Å². The predicted molar refractivity (Wildman–Crippen MR) is 106 cm³/mol. The number of aryl methyl sites for hydroxylation is 3. The first kappa shape index (κ1) is 19.1. The summed E-state index contributed by atoms with van der Waals surface area (Å²) in [5.74, 6) is 1.90. The highest BCUT2D eigenvalue weighted by Gasteiger charge is 2.18. The Labute approximate surface area is 168 Å². The number of benzene rings is 1. The summed E-state index contributed by atoms with van der Waals surface area (Å²) in [7, 11) is 0. The maximum Gasteiger partial charge on any atom is 0.320 e. The lowest BCUT2D eigenvalue weighted by Crippen LogP contribution is -2.33. The second kappa shape index (κ2) is 8.42. The molecular weight excluding hydrogens is 370 g/mol. The number of nitrogens with zero attached hydrogens (tertiary/aromatic N) is 5. The highest BCUT2D eigenvalue weighted by Crippen LogP contribution is 2.24. The molecule has 2 amide bonds. The van der Waals surface area contributed by atoms with Crippen LogP contribution < -0.4 is 10.6 Å². The molecule has 0 unspecified atom stereocenters. The molecule has 3 aromatic rings. The molecule has 0 aliphatic heterocycles. The molecule has 1 aliphatic rings. The molecule has 0 bridgehead atoms. The normalized spacial score (nSPS) is 14.3. The Kier molecular flexibility index (Phi) is 5.55. The van der Waals surface area contributed by atoms with E-state index in [0.29, 0.717) is 36.5 Å². The molecule has 9 heteroatoms. The molecule has 9 nitrogen and oxygen atoms in total. The minimum atomic E-state index is -0.266. The van der Waals surface area contributed by atoms with Gasteiger partial charge in [0, 0.05) is 13.5 Å². The van der Waals surface area contributed by atoms with Crippen molar-refractivity contribution in [1.82, 2.24) is 30.5 Å². The molecule has 2 N–H and O–H groups in total. The van der Waals surface area contributed by atoms with Crippen LogP contribution in [0.4, 0.5) is 10.6 Å². The van der Waals surface area contributed by atoms with E-state index in [-0.39, 0.29) is 6.03 Å². The molecule has 0 radical (unpaired) electrons. The summed E-state index contributed by atoms with van der Waals surface area (Å²) in [4.78, 5) is 16.5. The van der Waals surface area contributed by atoms with Crippen molar-refractivity contribution < 1.29 is 9.32 Å². The van der Waals surface area contributed by atoms with Gasteiger partial charge < -0.3 is 9.84 Å². The molecule has 152 valence electrons. The lowest BCUT2D eigenvalue weighted by atomic mass is 10.00. The van der Waals surface area contributed by atoms with Gasteiger partial charge in [-0.1, -0.05) is 34.6 Å². The van der Waals surface area contributed by atoms with Gasteiger partial charge in [0.25, 0.3) is 0 Å². The summed E-state index contributed by atoms with van der Waals surface area (Å²) in [6.45, 7) is 4.55. The van der Waals surface area contributed by atoms with Gasteiger partial charge in [-0.3, -0.25) is 5.32 Å². The number of urea groups is 1. The molecule has 1 aromatic carbocycles. The Hall–Kier alpha value is -3.23. The Bertz CT molecular complexity index is 967. The second-order valence-corrected chi connectivity index (χ2v) is 7.46. The third-order valence-corrected chi connectivity index (χ3v) is 5.39. The molecule has 0 saturated heterocycles. The second-order valence-electron chi connectivity index (χ2n) is 7.46. The van der Waals surface area contributed by atoms with Crippen LogP contribution in [0.1, 0.15) is 41.4 Å². The molecule has 29 heavy (non-hydrogen) atoms. The molecule has 0 saturated carbocycles. The number of hydrogen-bond acceptors (Lipinski definition) is 6. The summed E-state index contributed by atoms with van der Waals surface area (Å²) < 4.78 is 6.59. The summed E-state index contributed by atoms with van der Waals surface area (Å²) in [6, 6.07) is 8.34. The number of carbonyl (C=O) groups is 1. The van der Waals surface area contributed by atoms with Crippen LogP contribution in [0.25, 0.3) is 0 Å². The number of fused-ring (bicyclic) bond motifs is 1. The average molecular weight is 395 g/mol. The van der Waals surface area contributed by atoms with E-state index in [2.05, 4.69) is 55.4 Å². The zero-order valence-corrected chi connectivity index (χ0v) is 16.7. The van der Waals surface area contributed by atoms with Gasteiger partial charge in [0.05, 0.1) is 5.69 Å². The van der Waals surface area contributed by atoms with E-state index in [9.17, 15) is 4.79 Å². The first-order chi connectivity index (χ1) is 14.1. The fourth-order valence-corrected chi connectivity index (χ4v) is 3.67. The number of hydrogen-bond donors (Lipinski definition) is 2. The number of amides is 2. The van der Waals surface area contributed by atoms with E-state index >= 15 is 0 Å². The summed E-state index contributed by atoms with van der Waals surface area (Å²) in [6.07, 6.45) is 4.29. The maximum absolute atomic E-state index is 12.3. The molecule has 0 fully saturated rings. The van der Waals surface area contributed by atoms with E-state index in [1.807, 2.05) is 6.92 Å². The van der Waals surface area contributed by atoms with Gasteiger partial charge in [0.15, 0.2) is 11.6 Å². The monoisotopic (exact) mass is 395 g/mol. The van der Waals surface area contributed by atoms with E-state index in [4.69, 9.17) is 4.52 Å². The van der Waals surface area contributed by atoms with Gasteiger partial charge in [-0.25, -0.2) is 9.48 Å². The number of anilines is 1. The van der Waals surface area contributed by atoms with Gasteiger partial charge in [0.2, 0.25) is 5.89 Å². The SMILES string of the molecule is Cc1nc(Cn2nnc(NC(=O)NCC3CCc4ccccc4CC3)c2C)no1. The number of carbonyl (C=O) groups excluding carboxylic acids is 1. The van der Waals surface area contributed by atoms with E-state index in [0.717, 1.165) is 31.4 Å². The van der Waals surface area contributed by atoms with Gasteiger partial charge >= 0.3 is 6.03 Å². The Morgan fingerprint density at radius 2 is 1.93 bits per heavy atom. The zero-order valence-electron chi connectivity index (χ0n) is 16.7. The van der Waals surface area contributed by atoms with Crippen molar-refractivity contribution >= 4 is 11.8 Å². The van der Waals surface area contributed by atoms with Crippen LogP contribution in [0.15, 0.2) is 28.8 Å². The molecule has 2 heterocycles. The molecule has 4 rings (SSSR count). The zero-order chi connectivity index (χ0) is 20.2. The fourth-order valence-electron chi connectivity index (χ4n) is 3.67. The lowest BCUT2D eigenvalue weighted by molar-refractivity contribution is 0.249. The minimum Gasteiger partial charge on any atom is -0.340 e. The third kappa shape index (κ3) is 4.61. The van der Waals surface area contributed by atoms with Gasteiger partial charge in [-0.2, -0.15) is 4.98 Å².